The van der Waals surface area contributed by atoms with Crippen molar-refractivity contribution in [3.63, 3.8) is 0 Å². The highest BCUT2D eigenvalue weighted by molar-refractivity contribution is 5.69. The van der Waals surface area contributed by atoms with Gasteiger partial charge in [-0.05, 0) is 37.5 Å². The standard InChI is InChI=1S/C26H48O4/c1-3-5-7-9-11-13-19-25(27)29-21-23-17-15-16-18-24(23)22-30-26(28)20-14-12-10-8-6-4-2/h23-24H,3-22H2,1-2H3. The Labute approximate surface area is 185 Å². The van der Waals surface area contributed by atoms with Crippen LogP contribution in [0.2, 0.25) is 0 Å². The zero-order valence-electron chi connectivity index (χ0n) is 19.9. The summed E-state index contributed by atoms with van der Waals surface area (Å²) in [6, 6.07) is 0. The molecule has 1 aliphatic rings. The number of ether oxygens (including phenoxy) is 2. The fourth-order valence-electron chi connectivity index (χ4n) is 4.37. The van der Waals surface area contributed by atoms with Crippen molar-refractivity contribution in [3.05, 3.63) is 0 Å². The van der Waals surface area contributed by atoms with E-state index in [2.05, 4.69) is 13.8 Å². The van der Waals surface area contributed by atoms with Gasteiger partial charge >= 0.3 is 11.9 Å². The monoisotopic (exact) mass is 424 g/mol. The van der Waals surface area contributed by atoms with Gasteiger partial charge in [-0.25, -0.2) is 0 Å². The number of rotatable bonds is 18. The highest BCUT2D eigenvalue weighted by Crippen LogP contribution is 2.31. The van der Waals surface area contributed by atoms with E-state index in [-0.39, 0.29) is 11.9 Å². The van der Waals surface area contributed by atoms with Crippen LogP contribution in [0.1, 0.15) is 129 Å². The molecule has 30 heavy (non-hydrogen) atoms. The molecule has 0 amide bonds. The Hall–Kier alpha value is -1.06. The van der Waals surface area contributed by atoms with Gasteiger partial charge in [0, 0.05) is 12.8 Å². The number of unbranched alkanes of at least 4 members (excludes halogenated alkanes) is 10. The van der Waals surface area contributed by atoms with E-state index in [9.17, 15) is 9.59 Å². The largest absolute Gasteiger partial charge is 0.465 e. The lowest BCUT2D eigenvalue weighted by Crippen LogP contribution is -2.29. The molecule has 0 aromatic heterocycles. The number of esters is 2. The Kier molecular flexibility index (Phi) is 16.8. The molecule has 2 unspecified atom stereocenters. The topological polar surface area (TPSA) is 52.6 Å². The molecule has 2 atom stereocenters. The van der Waals surface area contributed by atoms with Crippen LogP contribution in [-0.2, 0) is 19.1 Å². The molecule has 1 fully saturated rings. The maximum atomic E-state index is 12.1. The van der Waals surface area contributed by atoms with Crippen LogP contribution in [0.15, 0.2) is 0 Å². The third-order valence-electron chi connectivity index (χ3n) is 6.45. The summed E-state index contributed by atoms with van der Waals surface area (Å²) in [5, 5.41) is 0. The molecule has 0 spiro atoms. The summed E-state index contributed by atoms with van der Waals surface area (Å²) in [5.74, 6) is 0.563. The Bertz CT molecular complexity index is 395. The first kappa shape index (κ1) is 27.0. The van der Waals surface area contributed by atoms with E-state index in [1.807, 2.05) is 0 Å². The molecule has 4 nitrogen and oxygen atoms in total. The molecular weight excluding hydrogens is 376 g/mol. The number of carbonyl (C=O) groups excluding carboxylic acids is 2. The second-order valence-electron chi connectivity index (χ2n) is 9.21. The smallest absolute Gasteiger partial charge is 0.305 e. The molecular formula is C26H48O4. The molecule has 0 aromatic rings. The van der Waals surface area contributed by atoms with Gasteiger partial charge in [0.15, 0.2) is 0 Å². The van der Waals surface area contributed by atoms with Gasteiger partial charge in [-0.15, -0.1) is 0 Å². The summed E-state index contributed by atoms with van der Waals surface area (Å²) < 4.78 is 11.2. The van der Waals surface area contributed by atoms with Gasteiger partial charge in [-0.2, -0.15) is 0 Å². The summed E-state index contributed by atoms with van der Waals surface area (Å²) >= 11 is 0. The summed E-state index contributed by atoms with van der Waals surface area (Å²) in [7, 11) is 0. The van der Waals surface area contributed by atoms with E-state index >= 15 is 0 Å². The van der Waals surface area contributed by atoms with Crippen molar-refractivity contribution >= 4 is 11.9 Å². The van der Waals surface area contributed by atoms with Crippen LogP contribution in [0, 0.1) is 11.8 Å². The summed E-state index contributed by atoms with van der Waals surface area (Å²) in [6.45, 7) is 5.42. The number of carbonyl (C=O) groups is 2. The minimum atomic E-state index is -0.0603. The minimum Gasteiger partial charge on any atom is -0.465 e. The molecule has 1 rings (SSSR count). The van der Waals surface area contributed by atoms with Crippen LogP contribution >= 0.6 is 0 Å². The van der Waals surface area contributed by atoms with E-state index in [0.29, 0.717) is 37.9 Å². The average molecular weight is 425 g/mol. The van der Waals surface area contributed by atoms with Crippen molar-refractivity contribution < 1.29 is 19.1 Å². The summed E-state index contributed by atoms with van der Waals surface area (Å²) in [4.78, 5) is 24.1. The first-order valence-corrected chi connectivity index (χ1v) is 13.0. The van der Waals surface area contributed by atoms with E-state index in [4.69, 9.17) is 9.47 Å². The predicted octanol–water partition coefficient (Wildman–Crippen LogP) is 7.38. The third kappa shape index (κ3) is 14.0. The normalized spacial score (nSPS) is 18.9. The van der Waals surface area contributed by atoms with Crippen LogP contribution in [0.3, 0.4) is 0 Å². The van der Waals surface area contributed by atoms with Crippen LogP contribution < -0.4 is 0 Å². The second kappa shape index (κ2) is 18.7. The number of hydrogen-bond acceptors (Lipinski definition) is 4. The van der Waals surface area contributed by atoms with Crippen LogP contribution in [0.4, 0.5) is 0 Å². The number of hydrogen-bond donors (Lipinski definition) is 0. The van der Waals surface area contributed by atoms with Gasteiger partial charge < -0.3 is 9.47 Å². The van der Waals surface area contributed by atoms with Gasteiger partial charge in [0.1, 0.15) is 0 Å². The lowest BCUT2D eigenvalue weighted by atomic mass is 9.80. The molecule has 0 aromatic carbocycles. The van der Waals surface area contributed by atoms with Crippen molar-refractivity contribution in [2.24, 2.45) is 11.8 Å². The second-order valence-corrected chi connectivity index (χ2v) is 9.21. The molecule has 1 saturated carbocycles. The lowest BCUT2D eigenvalue weighted by molar-refractivity contribution is -0.150. The first-order chi connectivity index (χ1) is 14.7. The summed E-state index contributed by atoms with van der Waals surface area (Å²) in [6.07, 6.45) is 19.8. The van der Waals surface area contributed by atoms with E-state index in [1.165, 1.54) is 64.2 Å². The molecule has 0 heterocycles. The highest BCUT2D eigenvalue weighted by Gasteiger charge is 2.27. The van der Waals surface area contributed by atoms with Gasteiger partial charge in [0.2, 0.25) is 0 Å². The molecule has 0 N–H and O–H groups in total. The third-order valence-corrected chi connectivity index (χ3v) is 6.45. The van der Waals surface area contributed by atoms with E-state index in [1.54, 1.807) is 0 Å². The zero-order chi connectivity index (χ0) is 21.9. The maximum absolute atomic E-state index is 12.1. The van der Waals surface area contributed by atoms with Crippen molar-refractivity contribution in [1.82, 2.24) is 0 Å². The molecule has 0 aliphatic heterocycles. The SMILES string of the molecule is CCCCCCCCC(=O)OCC1CCCCC1COC(=O)CCCCCCCC. The molecule has 0 radical (unpaired) electrons. The van der Waals surface area contributed by atoms with Crippen molar-refractivity contribution in [2.75, 3.05) is 13.2 Å². The van der Waals surface area contributed by atoms with Gasteiger partial charge in [0.25, 0.3) is 0 Å². The van der Waals surface area contributed by atoms with Crippen molar-refractivity contribution in [1.29, 1.82) is 0 Å². The first-order valence-electron chi connectivity index (χ1n) is 13.0. The van der Waals surface area contributed by atoms with Crippen LogP contribution in [-0.4, -0.2) is 25.2 Å². The quantitative estimate of drug-likeness (QED) is 0.170. The van der Waals surface area contributed by atoms with Gasteiger partial charge in [-0.1, -0.05) is 90.9 Å². The molecule has 176 valence electrons. The molecule has 4 heteroatoms. The molecule has 0 saturated heterocycles. The maximum Gasteiger partial charge on any atom is 0.305 e. The Morgan fingerprint density at radius 2 is 0.967 bits per heavy atom. The summed E-state index contributed by atoms with van der Waals surface area (Å²) in [5.41, 5.74) is 0. The van der Waals surface area contributed by atoms with Crippen LogP contribution in [0.5, 0.6) is 0 Å². The van der Waals surface area contributed by atoms with Crippen molar-refractivity contribution in [2.45, 2.75) is 129 Å². The minimum absolute atomic E-state index is 0.0603. The fraction of sp³-hybridized carbons (Fsp3) is 0.923. The fourth-order valence-corrected chi connectivity index (χ4v) is 4.37. The zero-order valence-corrected chi connectivity index (χ0v) is 19.9. The predicted molar refractivity (Wildman–Crippen MR) is 123 cm³/mol. The Morgan fingerprint density at radius 1 is 0.600 bits per heavy atom. The van der Waals surface area contributed by atoms with Crippen molar-refractivity contribution in [3.8, 4) is 0 Å². The van der Waals surface area contributed by atoms with Crippen LogP contribution in [0.25, 0.3) is 0 Å². The Morgan fingerprint density at radius 3 is 1.37 bits per heavy atom. The van der Waals surface area contributed by atoms with Gasteiger partial charge in [0.05, 0.1) is 13.2 Å². The molecule has 0 bridgehead atoms. The average Bonchev–Trinajstić information content (AvgIpc) is 2.76. The van der Waals surface area contributed by atoms with E-state index < -0.39 is 0 Å². The molecule has 1 aliphatic carbocycles. The Balaban J connectivity index is 2.15. The highest BCUT2D eigenvalue weighted by atomic mass is 16.5. The lowest BCUT2D eigenvalue weighted by Gasteiger charge is -2.30. The van der Waals surface area contributed by atoms with Gasteiger partial charge in [-0.3, -0.25) is 9.59 Å². The van der Waals surface area contributed by atoms with E-state index in [0.717, 1.165) is 38.5 Å².